The van der Waals surface area contributed by atoms with Crippen LogP contribution in [0.2, 0.25) is 10.0 Å². The van der Waals surface area contributed by atoms with E-state index in [2.05, 4.69) is 26.3 Å². The van der Waals surface area contributed by atoms with Gasteiger partial charge in [-0.15, -0.1) is 0 Å². The van der Waals surface area contributed by atoms with E-state index in [4.69, 9.17) is 27.9 Å². The molecule has 1 N–H and O–H groups in total. The van der Waals surface area contributed by atoms with Gasteiger partial charge in [-0.25, -0.2) is 0 Å². The lowest BCUT2D eigenvalue weighted by atomic mass is 10.1. The number of aromatic nitrogens is 3. The van der Waals surface area contributed by atoms with Crippen molar-refractivity contribution in [2.45, 2.75) is 6.42 Å². The SMILES string of the molecule is COc1ccc(-n2nc(C(=O)NCCCN3CCN(c4cccc(Cl)c4)CC3)c3c4ccccc4n(C)c3c2=O)cc1Cl. The van der Waals surface area contributed by atoms with Crippen LogP contribution in [0.4, 0.5) is 5.69 Å². The quantitative estimate of drug-likeness (QED) is 0.243. The van der Waals surface area contributed by atoms with Crippen LogP contribution in [0.15, 0.2) is 71.5 Å². The number of ether oxygens (including phenoxy) is 1. The van der Waals surface area contributed by atoms with Gasteiger partial charge in [-0.3, -0.25) is 14.5 Å². The van der Waals surface area contributed by atoms with Crippen LogP contribution in [0.25, 0.3) is 27.5 Å². The van der Waals surface area contributed by atoms with Crippen LogP contribution in [0.1, 0.15) is 16.9 Å². The van der Waals surface area contributed by atoms with Gasteiger partial charge in [0, 0.05) is 66.8 Å². The van der Waals surface area contributed by atoms with Gasteiger partial charge in [0.15, 0.2) is 5.69 Å². The van der Waals surface area contributed by atoms with E-state index in [0.29, 0.717) is 33.9 Å². The summed E-state index contributed by atoms with van der Waals surface area (Å²) in [5, 5.41) is 10.1. The second-order valence-corrected chi connectivity index (χ2v) is 11.4. The number of amides is 1. The number of aryl methyl sites for hydroxylation is 1. The van der Waals surface area contributed by atoms with Crippen molar-refractivity contribution in [2.75, 3.05) is 51.3 Å². The minimum absolute atomic E-state index is 0.188. The first-order valence-corrected chi connectivity index (χ1v) is 15.0. The van der Waals surface area contributed by atoms with Gasteiger partial charge < -0.3 is 19.5 Å². The molecule has 0 spiro atoms. The number of halogens is 2. The van der Waals surface area contributed by atoms with Crippen LogP contribution in [0.3, 0.4) is 0 Å². The Morgan fingerprint density at radius 3 is 2.51 bits per heavy atom. The summed E-state index contributed by atoms with van der Waals surface area (Å²) in [6.07, 6.45) is 0.787. The van der Waals surface area contributed by atoms with Crippen molar-refractivity contribution in [3.63, 3.8) is 0 Å². The van der Waals surface area contributed by atoms with Crippen LogP contribution in [-0.2, 0) is 7.05 Å². The average molecular weight is 620 g/mol. The molecule has 3 aromatic carbocycles. The Bertz CT molecular complexity index is 1880. The molecule has 5 aromatic rings. The molecule has 11 heteroatoms. The van der Waals surface area contributed by atoms with Gasteiger partial charge in [0.2, 0.25) is 0 Å². The first kappa shape index (κ1) is 29.0. The highest BCUT2D eigenvalue weighted by atomic mass is 35.5. The van der Waals surface area contributed by atoms with E-state index in [9.17, 15) is 9.59 Å². The fourth-order valence-corrected chi connectivity index (χ4v) is 6.23. The summed E-state index contributed by atoms with van der Waals surface area (Å²) in [6, 6.07) is 20.6. The Hall–Kier alpha value is -4.05. The summed E-state index contributed by atoms with van der Waals surface area (Å²) in [6.45, 7) is 5.07. The molecule has 0 aliphatic carbocycles. The normalized spacial score (nSPS) is 14.0. The third-order valence-electron chi connectivity index (χ3n) is 8.02. The minimum Gasteiger partial charge on any atom is -0.495 e. The number of para-hydroxylation sites is 1. The number of anilines is 1. The second-order valence-electron chi connectivity index (χ2n) is 10.6. The van der Waals surface area contributed by atoms with E-state index in [1.165, 1.54) is 11.8 Å². The number of piperazine rings is 1. The van der Waals surface area contributed by atoms with E-state index < -0.39 is 0 Å². The van der Waals surface area contributed by atoms with Gasteiger partial charge in [0.1, 0.15) is 11.3 Å². The summed E-state index contributed by atoms with van der Waals surface area (Å²) in [5.74, 6) is 0.147. The first-order valence-electron chi connectivity index (χ1n) is 14.2. The van der Waals surface area contributed by atoms with Crippen molar-refractivity contribution >= 4 is 56.6 Å². The molecule has 222 valence electrons. The fraction of sp³-hybridized carbons (Fsp3) is 0.281. The van der Waals surface area contributed by atoms with Crippen molar-refractivity contribution in [1.29, 1.82) is 0 Å². The van der Waals surface area contributed by atoms with Crippen molar-refractivity contribution in [3.05, 3.63) is 92.8 Å². The smallest absolute Gasteiger partial charge is 0.296 e. The van der Waals surface area contributed by atoms with Gasteiger partial charge in [-0.05, 0) is 55.4 Å². The van der Waals surface area contributed by atoms with Crippen LogP contribution in [0.5, 0.6) is 5.75 Å². The van der Waals surface area contributed by atoms with Crippen LogP contribution >= 0.6 is 23.2 Å². The Morgan fingerprint density at radius 1 is 0.977 bits per heavy atom. The molecule has 6 rings (SSSR count). The van der Waals surface area contributed by atoms with Gasteiger partial charge in [0.25, 0.3) is 11.5 Å². The molecule has 3 heterocycles. The van der Waals surface area contributed by atoms with Crippen molar-refractivity contribution in [3.8, 4) is 11.4 Å². The number of carbonyl (C=O) groups is 1. The minimum atomic E-state index is -0.344. The van der Waals surface area contributed by atoms with Crippen molar-refractivity contribution in [2.24, 2.45) is 7.05 Å². The number of rotatable bonds is 8. The molecule has 2 aromatic heterocycles. The van der Waals surface area contributed by atoms with Crippen molar-refractivity contribution < 1.29 is 9.53 Å². The molecule has 1 aliphatic heterocycles. The molecule has 0 radical (unpaired) electrons. The molecule has 1 aliphatic rings. The highest BCUT2D eigenvalue weighted by Gasteiger charge is 2.24. The number of fused-ring (bicyclic) bond motifs is 3. The van der Waals surface area contributed by atoms with E-state index in [1.807, 2.05) is 54.1 Å². The molecular weight excluding hydrogens is 587 g/mol. The van der Waals surface area contributed by atoms with Crippen LogP contribution in [0, 0.1) is 0 Å². The predicted octanol–water partition coefficient (Wildman–Crippen LogP) is 5.13. The molecular formula is C32H32Cl2N6O3. The molecule has 0 atom stereocenters. The predicted molar refractivity (Wildman–Crippen MR) is 172 cm³/mol. The van der Waals surface area contributed by atoms with Gasteiger partial charge >= 0.3 is 0 Å². The highest BCUT2D eigenvalue weighted by molar-refractivity contribution is 6.32. The Labute approximate surface area is 259 Å². The third kappa shape index (κ3) is 5.68. The molecule has 1 saturated heterocycles. The molecule has 0 unspecified atom stereocenters. The summed E-state index contributed by atoms with van der Waals surface area (Å²) in [5.41, 5.74) is 2.66. The number of hydrogen-bond acceptors (Lipinski definition) is 6. The van der Waals surface area contributed by atoms with Gasteiger partial charge in [0.05, 0.1) is 17.8 Å². The topological polar surface area (TPSA) is 84.6 Å². The number of nitrogens with one attached hydrogen (secondary N) is 1. The largest absolute Gasteiger partial charge is 0.495 e. The van der Waals surface area contributed by atoms with Gasteiger partial charge in [-0.1, -0.05) is 47.5 Å². The van der Waals surface area contributed by atoms with E-state index >= 15 is 0 Å². The molecule has 0 saturated carbocycles. The molecule has 0 bridgehead atoms. The maximum atomic E-state index is 13.8. The lowest BCUT2D eigenvalue weighted by Crippen LogP contribution is -2.47. The van der Waals surface area contributed by atoms with Crippen LogP contribution < -0.4 is 20.5 Å². The number of methoxy groups -OCH3 is 1. The maximum absolute atomic E-state index is 13.8. The lowest BCUT2D eigenvalue weighted by molar-refractivity contribution is 0.0946. The van der Waals surface area contributed by atoms with E-state index in [-0.39, 0.29) is 17.2 Å². The zero-order chi connectivity index (χ0) is 30.1. The number of hydrogen-bond donors (Lipinski definition) is 1. The molecule has 1 fully saturated rings. The number of carbonyl (C=O) groups excluding carboxylic acids is 1. The second kappa shape index (κ2) is 12.3. The lowest BCUT2D eigenvalue weighted by Gasteiger charge is -2.36. The molecule has 1 amide bonds. The van der Waals surface area contributed by atoms with Crippen molar-refractivity contribution in [1.82, 2.24) is 24.6 Å². The fourth-order valence-electron chi connectivity index (χ4n) is 5.79. The molecule has 43 heavy (non-hydrogen) atoms. The number of benzene rings is 3. The van der Waals surface area contributed by atoms with E-state index in [0.717, 1.165) is 60.8 Å². The summed E-state index contributed by atoms with van der Waals surface area (Å²) >= 11 is 12.5. The average Bonchev–Trinajstić information content (AvgIpc) is 3.32. The monoisotopic (exact) mass is 618 g/mol. The Morgan fingerprint density at radius 2 is 1.77 bits per heavy atom. The third-order valence-corrected chi connectivity index (χ3v) is 8.55. The van der Waals surface area contributed by atoms with E-state index in [1.54, 1.807) is 18.2 Å². The Kier molecular flexibility index (Phi) is 8.30. The zero-order valence-corrected chi connectivity index (χ0v) is 25.5. The zero-order valence-electron chi connectivity index (χ0n) is 24.0. The Balaban J connectivity index is 1.20. The summed E-state index contributed by atoms with van der Waals surface area (Å²) in [7, 11) is 3.35. The standard InChI is InChI=1S/C32H32Cl2N6O3/c1-37-26-10-4-3-9-24(26)28-29(36-40(32(42)30(28)37)23-11-12-27(43-2)25(34)20-23)31(41)35-13-6-14-38-15-17-39(18-16-38)22-8-5-7-21(33)19-22/h3-5,7-12,19-20H,6,13-18H2,1-2H3,(H,35,41). The first-order chi connectivity index (χ1) is 20.9. The number of nitrogens with zero attached hydrogens (tertiary/aromatic N) is 5. The summed E-state index contributed by atoms with van der Waals surface area (Å²) in [4.78, 5) is 32.2. The molecule has 9 nitrogen and oxygen atoms in total. The van der Waals surface area contributed by atoms with Crippen LogP contribution in [-0.4, -0.2) is 71.5 Å². The van der Waals surface area contributed by atoms with Gasteiger partial charge in [-0.2, -0.15) is 9.78 Å². The highest BCUT2D eigenvalue weighted by Crippen LogP contribution is 2.30. The maximum Gasteiger partial charge on any atom is 0.296 e. The summed E-state index contributed by atoms with van der Waals surface area (Å²) < 4.78 is 8.32.